The first kappa shape index (κ1) is 11.9. The molecule has 1 saturated carbocycles. The summed E-state index contributed by atoms with van der Waals surface area (Å²) in [5.41, 5.74) is 0.0489. The minimum Gasteiger partial charge on any atom is -0.381 e. The molecule has 1 unspecified atom stereocenters. The molecule has 2 rings (SSSR count). The summed E-state index contributed by atoms with van der Waals surface area (Å²) >= 11 is 3.61. The number of hydrogen-bond donors (Lipinski definition) is 0. The van der Waals surface area contributed by atoms with Crippen molar-refractivity contribution in [1.82, 2.24) is 0 Å². The van der Waals surface area contributed by atoms with Crippen LogP contribution in [-0.2, 0) is 9.47 Å². The van der Waals surface area contributed by atoms with Crippen molar-refractivity contribution >= 4 is 15.9 Å². The SMILES string of the molecule is CC(OC1(CBr)CCOCC1)C1CCC1. The monoisotopic (exact) mass is 276 g/mol. The van der Waals surface area contributed by atoms with Gasteiger partial charge < -0.3 is 9.47 Å². The summed E-state index contributed by atoms with van der Waals surface area (Å²) in [7, 11) is 0. The van der Waals surface area contributed by atoms with Gasteiger partial charge in [-0.3, -0.25) is 0 Å². The maximum atomic E-state index is 6.31. The Kier molecular flexibility index (Phi) is 4.08. The first-order valence-electron chi connectivity index (χ1n) is 6.07. The predicted molar refractivity (Wildman–Crippen MR) is 64.5 cm³/mol. The summed E-state index contributed by atoms with van der Waals surface area (Å²) in [5.74, 6) is 0.809. The summed E-state index contributed by atoms with van der Waals surface area (Å²) in [6.45, 7) is 3.94. The van der Waals surface area contributed by atoms with E-state index in [1.807, 2.05) is 0 Å². The van der Waals surface area contributed by atoms with Crippen molar-refractivity contribution in [1.29, 1.82) is 0 Å². The first-order chi connectivity index (χ1) is 7.26. The van der Waals surface area contributed by atoms with Crippen LogP contribution in [0.5, 0.6) is 0 Å². The lowest BCUT2D eigenvalue weighted by Gasteiger charge is -2.42. The van der Waals surface area contributed by atoms with Gasteiger partial charge in [0.2, 0.25) is 0 Å². The first-order valence-corrected chi connectivity index (χ1v) is 7.19. The molecule has 0 aromatic heterocycles. The highest BCUT2D eigenvalue weighted by Gasteiger charge is 2.37. The molecular formula is C12H21BrO2. The Hall–Kier alpha value is 0.400. The van der Waals surface area contributed by atoms with Gasteiger partial charge in [-0.05, 0) is 25.7 Å². The fourth-order valence-corrected chi connectivity index (χ4v) is 3.12. The summed E-state index contributed by atoms with van der Waals surface area (Å²) in [4.78, 5) is 0. The molecule has 3 heteroatoms. The number of ether oxygens (including phenoxy) is 2. The van der Waals surface area contributed by atoms with Gasteiger partial charge in [0.25, 0.3) is 0 Å². The standard InChI is InChI=1S/C12H21BrO2/c1-10(11-3-2-4-11)15-12(9-13)5-7-14-8-6-12/h10-11H,2-9H2,1H3. The van der Waals surface area contributed by atoms with Crippen LogP contribution in [0.15, 0.2) is 0 Å². The van der Waals surface area contributed by atoms with Gasteiger partial charge in [0.05, 0.1) is 11.7 Å². The Labute approximate surface area is 101 Å². The Morgan fingerprint density at radius 1 is 1.40 bits per heavy atom. The normalized spacial score (nSPS) is 28.4. The second kappa shape index (κ2) is 5.15. The molecule has 1 atom stereocenters. The van der Waals surface area contributed by atoms with Gasteiger partial charge in [0.1, 0.15) is 0 Å². The van der Waals surface area contributed by atoms with Crippen molar-refractivity contribution in [3.8, 4) is 0 Å². The molecule has 88 valence electrons. The van der Waals surface area contributed by atoms with Gasteiger partial charge in [0, 0.05) is 31.4 Å². The molecule has 0 aromatic carbocycles. The Balaban J connectivity index is 1.87. The van der Waals surface area contributed by atoms with E-state index in [-0.39, 0.29) is 5.60 Å². The van der Waals surface area contributed by atoms with E-state index in [1.54, 1.807) is 0 Å². The minimum atomic E-state index is 0.0489. The molecule has 2 nitrogen and oxygen atoms in total. The molecule has 1 saturated heterocycles. The van der Waals surface area contributed by atoms with E-state index in [0.29, 0.717) is 6.10 Å². The van der Waals surface area contributed by atoms with Crippen LogP contribution in [-0.4, -0.2) is 30.2 Å². The number of alkyl halides is 1. The quantitative estimate of drug-likeness (QED) is 0.735. The van der Waals surface area contributed by atoms with E-state index in [2.05, 4.69) is 22.9 Å². The maximum Gasteiger partial charge on any atom is 0.0826 e. The minimum absolute atomic E-state index is 0.0489. The van der Waals surface area contributed by atoms with E-state index in [0.717, 1.165) is 37.3 Å². The van der Waals surface area contributed by atoms with Gasteiger partial charge in [-0.15, -0.1) is 0 Å². The van der Waals surface area contributed by atoms with Crippen molar-refractivity contribution in [2.24, 2.45) is 5.92 Å². The van der Waals surface area contributed by atoms with Crippen molar-refractivity contribution in [2.75, 3.05) is 18.5 Å². The Morgan fingerprint density at radius 3 is 2.53 bits per heavy atom. The number of halogens is 1. The van der Waals surface area contributed by atoms with Gasteiger partial charge in [-0.1, -0.05) is 22.4 Å². The van der Waals surface area contributed by atoms with Crippen LogP contribution < -0.4 is 0 Å². The van der Waals surface area contributed by atoms with Crippen molar-refractivity contribution in [2.45, 2.75) is 50.7 Å². The van der Waals surface area contributed by atoms with Crippen molar-refractivity contribution in [3.05, 3.63) is 0 Å². The zero-order chi connectivity index (χ0) is 10.7. The van der Waals surface area contributed by atoms with Crippen LogP contribution in [0.1, 0.15) is 39.0 Å². The molecule has 0 amide bonds. The molecular weight excluding hydrogens is 256 g/mol. The van der Waals surface area contributed by atoms with Crippen LogP contribution in [0, 0.1) is 5.92 Å². The molecule has 1 heterocycles. The lowest BCUT2D eigenvalue weighted by Crippen LogP contribution is -2.45. The predicted octanol–water partition coefficient (Wildman–Crippen LogP) is 3.14. The summed E-state index contributed by atoms with van der Waals surface area (Å²) in [5, 5.41) is 0.945. The molecule has 0 spiro atoms. The second-order valence-electron chi connectivity index (χ2n) is 4.94. The highest BCUT2D eigenvalue weighted by Crippen LogP contribution is 2.36. The largest absolute Gasteiger partial charge is 0.381 e. The lowest BCUT2D eigenvalue weighted by molar-refractivity contribution is -0.146. The molecule has 0 N–H and O–H groups in total. The van der Waals surface area contributed by atoms with Crippen LogP contribution in [0.25, 0.3) is 0 Å². The third-order valence-corrected chi connectivity index (χ3v) is 4.92. The Morgan fingerprint density at radius 2 is 2.07 bits per heavy atom. The molecule has 0 aromatic rings. The highest BCUT2D eigenvalue weighted by molar-refractivity contribution is 9.09. The molecule has 1 aliphatic carbocycles. The Bertz CT molecular complexity index is 198. The topological polar surface area (TPSA) is 18.5 Å². The van der Waals surface area contributed by atoms with Crippen LogP contribution in [0.2, 0.25) is 0 Å². The van der Waals surface area contributed by atoms with Gasteiger partial charge in [-0.2, -0.15) is 0 Å². The molecule has 2 fully saturated rings. The second-order valence-corrected chi connectivity index (χ2v) is 5.50. The smallest absolute Gasteiger partial charge is 0.0826 e. The average Bonchev–Trinajstić information content (AvgIpc) is 2.16. The van der Waals surface area contributed by atoms with E-state index in [4.69, 9.17) is 9.47 Å². The van der Waals surface area contributed by atoms with E-state index < -0.39 is 0 Å². The third-order valence-electron chi connectivity index (χ3n) is 3.90. The van der Waals surface area contributed by atoms with Crippen molar-refractivity contribution < 1.29 is 9.47 Å². The molecule has 0 radical (unpaired) electrons. The van der Waals surface area contributed by atoms with E-state index in [9.17, 15) is 0 Å². The maximum absolute atomic E-state index is 6.31. The number of rotatable bonds is 4. The summed E-state index contributed by atoms with van der Waals surface area (Å²) in [6, 6.07) is 0. The number of hydrogen-bond acceptors (Lipinski definition) is 2. The van der Waals surface area contributed by atoms with Crippen molar-refractivity contribution in [3.63, 3.8) is 0 Å². The van der Waals surface area contributed by atoms with E-state index in [1.165, 1.54) is 19.3 Å². The van der Waals surface area contributed by atoms with Crippen LogP contribution >= 0.6 is 15.9 Å². The van der Waals surface area contributed by atoms with Gasteiger partial charge >= 0.3 is 0 Å². The van der Waals surface area contributed by atoms with Gasteiger partial charge in [-0.25, -0.2) is 0 Å². The fraction of sp³-hybridized carbons (Fsp3) is 1.00. The highest BCUT2D eigenvalue weighted by atomic mass is 79.9. The molecule has 1 aliphatic heterocycles. The summed E-state index contributed by atoms with van der Waals surface area (Å²) in [6.07, 6.45) is 6.61. The molecule has 15 heavy (non-hydrogen) atoms. The summed E-state index contributed by atoms with van der Waals surface area (Å²) < 4.78 is 11.7. The fourth-order valence-electron chi connectivity index (χ4n) is 2.43. The molecule has 2 aliphatic rings. The average molecular weight is 277 g/mol. The van der Waals surface area contributed by atoms with E-state index >= 15 is 0 Å². The zero-order valence-electron chi connectivity index (χ0n) is 9.51. The van der Waals surface area contributed by atoms with Crippen LogP contribution in [0.3, 0.4) is 0 Å². The van der Waals surface area contributed by atoms with Crippen LogP contribution in [0.4, 0.5) is 0 Å². The third kappa shape index (κ3) is 2.75. The zero-order valence-corrected chi connectivity index (χ0v) is 11.1. The lowest BCUT2D eigenvalue weighted by atomic mass is 9.81. The van der Waals surface area contributed by atoms with Gasteiger partial charge in [0.15, 0.2) is 0 Å². The molecule has 0 bridgehead atoms.